The van der Waals surface area contributed by atoms with Crippen LogP contribution in [0.2, 0.25) is 0 Å². The van der Waals surface area contributed by atoms with Gasteiger partial charge in [0, 0.05) is 44.0 Å². The molecule has 2 aromatic carbocycles. The van der Waals surface area contributed by atoms with Crippen LogP contribution in [0.1, 0.15) is 48.3 Å². The molecule has 0 atom stereocenters. The highest BCUT2D eigenvalue weighted by molar-refractivity contribution is 6.06. The summed E-state index contributed by atoms with van der Waals surface area (Å²) in [5.41, 5.74) is 4.58. The van der Waals surface area contributed by atoms with Crippen molar-refractivity contribution in [2.24, 2.45) is 0 Å². The number of nitrogens with zero attached hydrogens (tertiary/aromatic N) is 4. The second-order valence-electron chi connectivity index (χ2n) is 9.37. The van der Waals surface area contributed by atoms with E-state index in [4.69, 9.17) is 0 Å². The SMILES string of the molecule is CC(=O)Nc1ccccc1C1(C)CCN(c2cc(C(=O)N3CCc4ccccc43)ncn2)CC1. The van der Waals surface area contributed by atoms with Crippen LogP contribution < -0.4 is 15.1 Å². The molecule has 3 aromatic rings. The van der Waals surface area contributed by atoms with Crippen LogP contribution >= 0.6 is 0 Å². The van der Waals surface area contributed by atoms with Crippen molar-refractivity contribution in [1.29, 1.82) is 0 Å². The summed E-state index contributed by atoms with van der Waals surface area (Å²) in [7, 11) is 0. The summed E-state index contributed by atoms with van der Waals surface area (Å²) in [5.74, 6) is 0.634. The quantitative estimate of drug-likeness (QED) is 0.638. The summed E-state index contributed by atoms with van der Waals surface area (Å²) in [6.07, 6.45) is 4.18. The van der Waals surface area contributed by atoms with Crippen molar-refractivity contribution in [3.63, 3.8) is 0 Å². The fourth-order valence-corrected chi connectivity index (χ4v) is 5.13. The van der Waals surface area contributed by atoms with Crippen molar-refractivity contribution in [3.05, 3.63) is 77.7 Å². The van der Waals surface area contributed by atoms with Gasteiger partial charge in [-0.05, 0) is 47.9 Å². The van der Waals surface area contributed by atoms with Crippen LogP contribution in [-0.2, 0) is 16.6 Å². The maximum absolute atomic E-state index is 13.2. The van der Waals surface area contributed by atoms with E-state index in [1.807, 2.05) is 47.4 Å². The van der Waals surface area contributed by atoms with Gasteiger partial charge >= 0.3 is 0 Å². The van der Waals surface area contributed by atoms with Crippen molar-refractivity contribution in [2.75, 3.05) is 34.8 Å². The Morgan fingerprint density at radius 3 is 2.50 bits per heavy atom. The zero-order valence-corrected chi connectivity index (χ0v) is 19.6. The number of carbonyl (C=O) groups is 2. The molecular formula is C27H29N5O2. The summed E-state index contributed by atoms with van der Waals surface area (Å²) < 4.78 is 0. The number of hydrogen-bond donors (Lipinski definition) is 1. The maximum atomic E-state index is 13.2. The monoisotopic (exact) mass is 455 g/mol. The van der Waals surface area contributed by atoms with Gasteiger partial charge in [0.15, 0.2) is 0 Å². The first kappa shape index (κ1) is 22.1. The largest absolute Gasteiger partial charge is 0.356 e. The van der Waals surface area contributed by atoms with Crippen molar-refractivity contribution < 1.29 is 9.59 Å². The molecule has 7 nitrogen and oxygen atoms in total. The molecule has 1 N–H and O–H groups in total. The first-order valence-electron chi connectivity index (χ1n) is 11.8. The van der Waals surface area contributed by atoms with Crippen molar-refractivity contribution in [3.8, 4) is 0 Å². The fourth-order valence-electron chi connectivity index (χ4n) is 5.13. The van der Waals surface area contributed by atoms with E-state index < -0.39 is 0 Å². The molecule has 34 heavy (non-hydrogen) atoms. The number of nitrogens with one attached hydrogen (secondary N) is 1. The van der Waals surface area contributed by atoms with E-state index in [9.17, 15) is 9.59 Å². The number of hydrogen-bond acceptors (Lipinski definition) is 5. The summed E-state index contributed by atoms with van der Waals surface area (Å²) >= 11 is 0. The average molecular weight is 456 g/mol. The third-order valence-corrected chi connectivity index (χ3v) is 7.08. The molecule has 3 heterocycles. The van der Waals surface area contributed by atoms with E-state index in [0.717, 1.165) is 55.1 Å². The lowest BCUT2D eigenvalue weighted by Gasteiger charge is -2.41. The standard InChI is InChI=1S/C27H29N5O2/c1-19(33)30-22-9-5-4-8-21(22)27(2)12-15-31(16-13-27)25-17-23(28-18-29-25)26(34)32-14-11-20-7-3-6-10-24(20)32/h3-10,17-18H,11-16H2,1-2H3,(H,30,33). The number of fused-ring (bicyclic) bond motifs is 1. The molecule has 7 heteroatoms. The van der Waals surface area contributed by atoms with Gasteiger partial charge in [-0.25, -0.2) is 9.97 Å². The number of amides is 2. The van der Waals surface area contributed by atoms with E-state index in [2.05, 4.69) is 39.2 Å². The maximum Gasteiger partial charge on any atom is 0.277 e. The molecule has 5 rings (SSSR count). The van der Waals surface area contributed by atoms with Crippen LogP contribution in [0.25, 0.3) is 0 Å². The highest BCUT2D eigenvalue weighted by Crippen LogP contribution is 2.39. The minimum Gasteiger partial charge on any atom is -0.356 e. The van der Waals surface area contributed by atoms with Crippen LogP contribution in [0.3, 0.4) is 0 Å². The molecule has 0 unspecified atom stereocenters. The van der Waals surface area contributed by atoms with Crippen LogP contribution in [-0.4, -0.2) is 41.4 Å². The Hall–Kier alpha value is -3.74. The van der Waals surface area contributed by atoms with E-state index in [1.165, 1.54) is 18.8 Å². The van der Waals surface area contributed by atoms with Crippen molar-refractivity contribution in [1.82, 2.24) is 9.97 Å². The lowest BCUT2D eigenvalue weighted by Crippen LogP contribution is -2.42. The summed E-state index contributed by atoms with van der Waals surface area (Å²) in [6, 6.07) is 17.9. The first-order chi connectivity index (χ1) is 16.4. The molecule has 0 aliphatic carbocycles. The average Bonchev–Trinajstić information content (AvgIpc) is 3.28. The first-order valence-corrected chi connectivity index (χ1v) is 11.8. The second-order valence-corrected chi connectivity index (χ2v) is 9.37. The topological polar surface area (TPSA) is 78.4 Å². The highest BCUT2D eigenvalue weighted by atomic mass is 16.2. The molecule has 2 amide bonds. The van der Waals surface area contributed by atoms with E-state index in [-0.39, 0.29) is 17.2 Å². The molecule has 1 saturated heterocycles. The van der Waals surface area contributed by atoms with Gasteiger partial charge in [-0.15, -0.1) is 0 Å². The van der Waals surface area contributed by atoms with Gasteiger partial charge in [0.25, 0.3) is 5.91 Å². The number of rotatable bonds is 4. The van der Waals surface area contributed by atoms with Crippen LogP contribution in [0.5, 0.6) is 0 Å². The van der Waals surface area contributed by atoms with Gasteiger partial charge in [-0.3, -0.25) is 9.59 Å². The molecule has 2 aliphatic heterocycles. The van der Waals surface area contributed by atoms with Crippen LogP contribution in [0.15, 0.2) is 60.9 Å². The number of piperidine rings is 1. The Morgan fingerprint density at radius 2 is 1.71 bits per heavy atom. The number of aromatic nitrogens is 2. The number of anilines is 3. The van der Waals surface area contributed by atoms with Crippen LogP contribution in [0, 0.1) is 0 Å². The zero-order valence-electron chi connectivity index (χ0n) is 19.6. The smallest absolute Gasteiger partial charge is 0.277 e. The van der Waals surface area contributed by atoms with Gasteiger partial charge in [0.2, 0.25) is 5.91 Å². The summed E-state index contributed by atoms with van der Waals surface area (Å²) in [4.78, 5) is 37.7. The Bertz CT molecular complexity index is 1230. The van der Waals surface area contributed by atoms with Crippen LogP contribution in [0.4, 0.5) is 17.2 Å². The van der Waals surface area contributed by atoms with E-state index >= 15 is 0 Å². The number of benzene rings is 2. The summed E-state index contributed by atoms with van der Waals surface area (Å²) in [5, 5.41) is 2.98. The van der Waals surface area contributed by atoms with E-state index in [0.29, 0.717) is 12.2 Å². The third kappa shape index (κ3) is 4.14. The molecule has 2 aliphatic rings. The minimum absolute atomic E-state index is 0.0551. The Labute approximate surface area is 199 Å². The Morgan fingerprint density at radius 1 is 0.971 bits per heavy atom. The lowest BCUT2D eigenvalue weighted by molar-refractivity contribution is -0.114. The van der Waals surface area contributed by atoms with Gasteiger partial charge < -0.3 is 15.1 Å². The molecule has 174 valence electrons. The molecule has 0 bridgehead atoms. The predicted octanol–water partition coefficient (Wildman–Crippen LogP) is 4.20. The van der Waals surface area contributed by atoms with E-state index in [1.54, 1.807) is 0 Å². The molecule has 0 saturated carbocycles. The zero-order chi connectivity index (χ0) is 23.7. The number of para-hydroxylation sites is 2. The van der Waals surface area contributed by atoms with Crippen molar-refractivity contribution in [2.45, 2.75) is 38.5 Å². The van der Waals surface area contributed by atoms with Gasteiger partial charge in [-0.1, -0.05) is 43.3 Å². The van der Waals surface area contributed by atoms with Gasteiger partial charge in [0.05, 0.1) is 0 Å². The predicted molar refractivity (Wildman–Crippen MR) is 133 cm³/mol. The molecular weight excluding hydrogens is 426 g/mol. The van der Waals surface area contributed by atoms with Gasteiger partial charge in [0.1, 0.15) is 17.8 Å². The second kappa shape index (κ2) is 8.89. The Kier molecular flexibility index (Phi) is 5.77. The lowest BCUT2D eigenvalue weighted by atomic mass is 9.74. The summed E-state index contributed by atoms with van der Waals surface area (Å²) in [6.45, 7) is 6.08. The normalized spacial score (nSPS) is 16.8. The molecule has 1 aromatic heterocycles. The molecule has 0 spiro atoms. The minimum atomic E-state index is -0.0836. The fraction of sp³-hybridized carbons (Fsp3) is 0.333. The van der Waals surface area contributed by atoms with Crippen molar-refractivity contribution >= 4 is 29.0 Å². The van der Waals surface area contributed by atoms with Gasteiger partial charge in [-0.2, -0.15) is 0 Å². The highest BCUT2D eigenvalue weighted by Gasteiger charge is 2.34. The molecule has 1 fully saturated rings. The Balaban J connectivity index is 1.32. The molecule has 0 radical (unpaired) electrons. The number of carbonyl (C=O) groups excluding carboxylic acids is 2. The third-order valence-electron chi connectivity index (χ3n) is 7.08.